The van der Waals surface area contributed by atoms with Gasteiger partial charge in [-0.1, -0.05) is 26.0 Å². The van der Waals surface area contributed by atoms with Gasteiger partial charge < -0.3 is 9.84 Å². The number of ether oxygens (including phenoxy) is 1. The van der Waals surface area contributed by atoms with E-state index in [0.29, 0.717) is 11.3 Å². The molecular weight excluding hydrogens is 346 g/mol. The highest BCUT2D eigenvalue weighted by molar-refractivity contribution is 7.71. The molecule has 1 aromatic heterocycles. The molecule has 0 radical (unpaired) electrons. The lowest BCUT2D eigenvalue weighted by Gasteiger charge is -2.41. The highest BCUT2D eigenvalue weighted by Gasteiger charge is 2.54. The van der Waals surface area contributed by atoms with E-state index in [1.165, 1.54) is 5.56 Å². The Morgan fingerprint density at radius 1 is 1.35 bits per heavy atom. The molecule has 1 aromatic carbocycles. The van der Waals surface area contributed by atoms with Crippen LogP contribution in [0.1, 0.15) is 46.1 Å². The van der Waals surface area contributed by atoms with Gasteiger partial charge in [0.1, 0.15) is 12.1 Å². The Kier molecular flexibility index (Phi) is 5.26. The summed E-state index contributed by atoms with van der Waals surface area (Å²) in [6.07, 6.45) is 4.57. The van der Waals surface area contributed by atoms with Gasteiger partial charge in [-0.25, -0.2) is 4.98 Å². The van der Waals surface area contributed by atoms with Gasteiger partial charge in [0.2, 0.25) is 4.77 Å². The number of aromatic amines is 1. The van der Waals surface area contributed by atoms with Gasteiger partial charge in [0, 0.05) is 0 Å². The third kappa shape index (κ3) is 3.71. The molecule has 2 atom stereocenters. The smallest absolute Gasteiger partial charge is 0.215 e. The molecule has 0 aliphatic heterocycles. The van der Waals surface area contributed by atoms with Crippen molar-refractivity contribution in [3.8, 4) is 5.75 Å². The highest BCUT2D eigenvalue weighted by atomic mass is 32.1. The third-order valence-electron chi connectivity index (χ3n) is 5.76. The molecule has 0 amide bonds. The number of aromatic nitrogens is 3. The minimum atomic E-state index is -0.842. The lowest BCUT2D eigenvalue weighted by molar-refractivity contribution is -0.0909. The van der Waals surface area contributed by atoms with E-state index >= 15 is 0 Å². The van der Waals surface area contributed by atoms with Crippen molar-refractivity contribution < 1.29 is 9.84 Å². The Bertz CT molecular complexity index is 794. The Morgan fingerprint density at radius 2 is 2.04 bits per heavy atom. The SMILES string of the molecule is CC(C)Oc1ccc(CC2CCC(C)(C)C2(O)Cn2[nH]cnc2=S)cc1. The zero-order chi connectivity index (χ0) is 18.9. The van der Waals surface area contributed by atoms with E-state index in [1.54, 1.807) is 11.0 Å². The van der Waals surface area contributed by atoms with Crippen LogP contribution < -0.4 is 4.74 Å². The fraction of sp³-hybridized carbons (Fsp3) is 0.600. The molecule has 2 N–H and O–H groups in total. The predicted octanol–water partition coefficient (Wildman–Crippen LogP) is 4.14. The molecule has 0 spiro atoms. The van der Waals surface area contributed by atoms with Crippen molar-refractivity contribution in [2.75, 3.05) is 0 Å². The van der Waals surface area contributed by atoms with E-state index in [2.05, 4.69) is 36.1 Å². The monoisotopic (exact) mass is 375 g/mol. The van der Waals surface area contributed by atoms with Crippen LogP contribution in [-0.2, 0) is 13.0 Å². The Hall–Kier alpha value is -1.66. The van der Waals surface area contributed by atoms with Crippen LogP contribution in [0.5, 0.6) is 5.75 Å². The van der Waals surface area contributed by atoms with Gasteiger partial charge in [0.05, 0.1) is 18.2 Å². The maximum Gasteiger partial charge on any atom is 0.215 e. The second kappa shape index (κ2) is 7.16. The molecule has 1 aliphatic carbocycles. The van der Waals surface area contributed by atoms with Crippen molar-refractivity contribution in [2.45, 2.75) is 65.2 Å². The van der Waals surface area contributed by atoms with Gasteiger partial charge >= 0.3 is 0 Å². The van der Waals surface area contributed by atoms with Gasteiger partial charge in [0.25, 0.3) is 0 Å². The number of nitrogens with one attached hydrogen (secondary N) is 1. The number of H-pyrrole nitrogens is 1. The Balaban J connectivity index is 1.79. The maximum absolute atomic E-state index is 11.7. The van der Waals surface area contributed by atoms with E-state index in [1.807, 2.05) is 26.0 Å². The van der Waals surface area contributed by atoms with Crippen LogP contribution in [-0.4, -0.2) is 31.6 Å². The van der Waals surface area contributed by atoms with Crippen molar-refractivity contribution in [1.82, 2.24) is 14.8 Å². The van der Waals surface area contributed by atoms with Gasteiger partial charge in [-0.2, -0.15) is 0 Å². The van der Waals surface area contributed by atoms with E-state index in [-0.39, 0.29) is 17.4 Å². The maximum atomic E-state index is 11.7. The predicted molar refractivity (Wildman–Crippen MR) is 105 cm³/mol. The first-order valence-electron chi connectivity index (χ1n) is 9.29. The van der Waals surface area contributed by atoms with Gasteiger partial charge in [-0.15, -0.1) is 0 Å². The summed E-state index contributed by atoms with van der Waals surface area (Å²) in [7, 11) is 0. The van der Waals surface area contributed by atoms with Gasteiger partial charge in [-0.3, -0.25) is 9.78 Å². The molecule has 6 heteroatoms. The van der Waals surface area contributed by atoms with Gasteiger partial charge in [-0.05, 0) is 74.4 Å². The number of rotatable bonds is 6. The fourth-order valence-corrected chi connectivity index (χ4v) is 4.22. The number of benzene rings is 1. The molecule has 26 heavy (non-hydrogen) atoms. The molecule has 2 aromatic rings. The van der Waals surface area contributed by atoms with Crippen molar-refractivity contribution in [3.05, 3.63) is 40.9 Å². The molecule has 1 saturated carbocycles. The molecule has 1 fully saturated rings. The topological polar surface area (TPSA) is 63.1 Å². The fourth-order valence-electron chi connectivity index (χ4n) is 4.05. The summed E-state index contributed by atoms with van der Waals surface area (Å²) in [5, 5.41) is 14.7. The zero-order valence-electron chi connectivity index (χ0n) is 16.0. The summed E-state index contributed by atoms with van der Waals surface area (Å²) in [6, 6.07) is 8.23. The molecule has 0 bridgehead atoms. The van der Waals surface area contributed by atoms with E-state index in [4.69, 9.17) is 17.0 Å². The number of aliphatic hydroxyl groups is 1. The number of hydrogen-bond donors (Lipinski definition) is 2. The van der Waals surface area contributed by atoms with Crippen LogP contribution in [0.3, 0.4) is 0 Å². The van der Waals surface area contributed by atoms with E-state index < -0.39 is 5.60 Å². The lowest BCUT2D eigenvalue weighted by atomic mass is 9.72. The third-order valence-corrected chi connectivity index (χ3v) is 6.09. The number of hydrogen-bond acceptors (Lipinski definition) is 4. The molecule has 2 unspecified atom stereocenters. The molecule has 0 saturated heterocycles. The summed E-state index contributed by atoms with van der Waals surface area (Å²) in [4.78, 5) is 4.08. The van der Waals surface area contributed by atoms with Crippen LogP contribution in [0.25, 0.3) is 0 Å². The first kappa shape index (κ1) is 19.1. The summed E-state index contributed by atoms with van der Waals surface area (Å²) in [5.41, 5.74) is 0.193. The van der Waals surface area contributed by atoms with E-state index in [9.17, 15) is 5.11 Å². The van der Waals surface area contributed by atoms with Crippen molar-refractivity contribution in [3.63, 3.8) is 0 Å². The second-order valence-electron chi connectivity index (χ2n) is 8.31. The van der Waals surface area contributed by atoms with Gasteiger partial charge in [0.15, 0.2) is 0 Å². The van der Waals surface area contributed by atoms with Crippen LogP contribution in [0.4, 0.5) is 0 Å². The van der Waals surface area contributed by atoms with Crippen molar-refractivity contribution in [2.24, 2.45) is 11.3 Å². The van der Waals surface area contributed by atoms with Crippen LogP contribution in [0.15, 0.2) is 30.6 Å². The first-order chi connectivity index (χ1) is 12.2. The lowest BCUT2D eigenvalue weighted by Crippen LogP contribution is -2.49. The zero-order valence-corrected chi connectivity index (χ0v) is 16.8. The molecule has 3 rings (SSSR count). The van der Waals surface area contributed by atoms with Crippen LogP contribution >= 0.6 is 12.2 Å². The normalized spacial score (nSPS) is 24.9. The molecule has 142 valence electrons. The Labute approximate surface area is 160 Å². The minimum Gasteiger partial charge on any atom is -0.491 e. The minimum absolute atomic E-state index is 0.166. The first-order valence-corrected chi connectivity index (χ1v) is 9.70. The second-order valence-corrected chi connectivity index (χ2v) is 8.68. The average Bonchev–Trinajstić information content (AvgIpc) is 3.05. The number of nitrogens with zero attached hydrogens (tertiary/aromatic N) is 2. The highest BCUT2D eigenvalue weighted by Crippen LogP contribution is 2.51. The Morgan fingerprint density at radius 3 is 2.62 bits per heavy atom. The van der Waals surface area contributed by atoms with E-state index in [0.717, 1.165) is 25.0 Å². The van der Waals surface area contributed by atoms with Crippen LogP contribution in [0.2, 0.25) is 0 Å². The summed E-state index contributed by atoms with van der Waals surface area (Å²) in [6.45, 7) is 8.78. The quantitative estimate of drug-likeness (QED) is 0.745. The molecule has 5 nitrogen and oxygen atoms in total. The molecular formula is C20H29N3O2S. The summed E-state index contributed by atoms with van der Waals surface area (Å²) < 4.78 is 7.98. The van der Waals surface area contributed by atoms with Crippen molar-refractivity contribution in [1.29, 1.82) is 0 Å². The molecule has 1 heterocycles. The van der Waals surface area contributed by atoms with Crippen molar-refractivity contribution >= 4 is 12.2 Å². The molecule has 1 aliphatic rings. The summed E-state index contributed by atoms with van der Waals surface area (Å²) >= 11 is 5.26. The van der Waals surface area contributed by atoms with Crippen LogP contribution in [0, 0.1) is 16.1 Å². The largest absolute Gasteiger partial charge is 0.491 e. The standard InChI is InChI=1S/C20H29N3O2S/c1-14(2)25-17-7-5-15(6-8-17)11-16-9-10-19(3,4)20(16,24)12-23-18(26)21-13-22-23/h5-8,13-14,16,24H,9-12H2,1-4H3,(H,21,22,26). The average molecular weight is 376 g/mol. The summed E-state index contributed by atoms with van der Waals surface area (Å²) in [5.74, 6) is 1.05.